The highest BCUT2D eigenvalue weighted by Gasteiger charge is 2.53. The predicted octanol–water partition coefficient (Wildman–Crippen LogP) is 0.955. The van der Waals surface area contributed by atoms with Gasteiger partial charge in [0.25, 0.3) is 11.7 Å². The Bertz CT molecular complexity index is 2280. The van der Waals surface area contributed by atoms with E-state index in [9.17, 15) is 59.7 Å². The van der Waals surface area contributed by atoms with Crippen molar-refractivity contribution < 1.29 is 83.4 Å². The molecule has 1 amide bonds. The second-order valence-electron chi connectivity index (χ2n) is 17.5. The number of methoxy groups -OCH3 is 1. The zero-order valence-electron chi connectivity index (χ0n) is 39.0. The summed E-state index contributed by atoms with van der Waals surface area (Å²) in [6.45, 7) is 11.4. The maximum Gasteiger partial charge on any atom is 0.312 e. The monoisotopic (exact) mass is 991 g/mol. The van der Waals surface area contributed by atoms with Crippen LogP contribution in [0.1, 0.15) is 85.1 Å². The van der Waals surface area contributed by atoms with E-state index < -0.39 is 143 Å². The molecule has 22 heteroatoms. The summed E-state index contributed by atoms with van der Waals surface area (Å²) >= 11 is 6.12. The van der Waals surface area contributed by atoms with Crippen molar-refractivity contribution in [3.8, 4) is 11.5 Å². The predicted molar refractivity (Wildman–Crippen MR) is 248 cm³/mol. The molecular formula is C46H61N3O17S2. The van der Waals surface area contributed by atoms with Crippen molar-refractivity contribution >= 4 is 58.3 Å². The number of ketones is 3. The number of hydrogen-bond donors (Lipinski definition) is 10. The average molecular weight is 992 g/mol. The number of carbonyl (C=O) groups is 5. The third-order valence-electron chi connectivity index (χ3n) is 12.7. The zero-order chi connectivity index (χ0) is 50.7. The summed E-state index contributed by atoms with van der Waals surface area (Å²) < 4.78 is 28.9. The van der Waals surface area contributed by atoms with Gasteiger partial charge < -0.3 is 75.4 Å². The summed E-state index contributed by atoms with van der Waals surface area (Å²) in [5.74, 6) is -10.1. The fourth-order valence-electron chi connectivity index (χ4n) is 8.52. The number of phenolic OH excluding ortho intramolecular Hbond substituents is 1. The van der Waals surface area contributed by atoms with Gasteiger partial charge in [0.05, 0.1) is 52.8 Å². The number of esters is 1. The van der Waals surface area contributed by atoms with E-state index in [1.165, 1.54) is 53.0 Å². The van der Waals surface area contributed by atoms with Gasteiger partial charge in [-0.2, -0.15) is 0 Å². The number of thioether (sulfide) groups is 1. The lowest BCUT2D eigenvalue weighted by Crippen LogP contribution is -2.64. The van der Waals surface area contributed by atoms with Gasteiger partial charge in [-0.1, -0.05) is 45.9 Å². The fraction of sp³-hybridized carbons (Fsp3) is 0.565. The Hall–Kier alpha value is -4.75. The van der Waals surface area contributed by atoms with Gasteiger partial charge in [0.1, 0.15) is 47.7 Å². The van der Waals surface area contributed by atoms with Crippen LogP contribution in [0.15, 0.2) is 46.7 Å². The molecule has 6 rings (SSSR count). The highest BCUT2D eigenvalue weighted by molar-refractivity contribution is 8.04. The molecule has 1 saturated heterocycles. The molecule has 1 fully saturated rings. The highest BCUT2D eigenvalue weighted by Crippen LogP contribution is 2.49. The Morgan fingerprint density at radius 3 is 2.22 bits per heavy atom. The van der Waals surface area contributed by atoms with E-state index in [4.69, 9.17) is 35.9 Å². The Balaban J connectivity index is 1.54. The maximum atomic E-state index is 14.8. The van der Waals surface area contributed by atoms with Crippen molar-refractivity contribution in [2.24, 2.45) is 23.7 Å². The second kappa shape index (κ2) is 22.3. The Morgan fingerprint density at radius 2 is 1.59 bits per heavy atom. The lowest BCUT2D eigenvalue weighted by atomic mass is 9.78. The van der Waals surface area contributed by atoms with Gasteiger partial charge in [-0.25, -0.2) is 0 Å². The first kappa shape index (κ1) is 54.2. The lowest BCUT2D eigenvalue weighted by molar-refractivity contribution is -0.232. The first-order chi connectivity index (χ1) is 31.9. The Morgan fingerprint density at radius 1 is 0.912 bits per heavy atom. The minimum absolute atomic E-state index is 0.0310. The molecule has 0 radical (unpaired) electrons. The number of phenols is 1. The summed E-state index contributed by atoms with van der Waals surface area (Å²) in [6.07, 6.45) is -4.49. The first-order valence-electron chi connectivity index (χ1n) is 21.9. The number of benzene rings is 1. The van der Waals surface area contributed by atoms with E-state index in [-0.39, 0.29) is 44.8 Å². The van der Waals surface area contributed by atoms with Gasteiger partial charge >= 0.3 is 11.8 Å². The first-order valence-corrected chi connectivity index (χ1v) is 23.3. The topological polar surface area (TPSA) is 309 Å². The Labute approximate surface area is 402 Å². The van der Waals surface area contributed by atoms with Crippen molar-refractivity contribution in [3.63, 3.8) is 0 Å². The number of allylic oxidation sites excluding steroid dienone is 4. The molecule has 5 aliphatic rings. The lowest BCUT2D eigenvalue weighted by Gasteiger charge is -2.40. The number of aliphatic hydroxyl groups excluding tert-OH is 6. The summed E-state index contributed by atoms with van der Waals surface area (Å²) in [7, 11) is 1.39. The molecule has 0 unspecified atom stereocenters. The molecule has 1 aromatic carbocycles. The third-order valence-corrected chi connectivity index (χ3v) is 14.1. The number of aliphatic hydroxyl groups is 6. The van der Waals surface area contributed by atoms with Crippen molar-refractivity contribution in [3.05, 3.63) is 69.0 Å². The molecule has 14 atom stereocenters. The molecule has 0 spiro atoms. The van der Waals surface area contributed by atoms with Crippen LogP contribution in [0, 0.1) is 30.6 Å². The zero-order valence-corrected chi connectivity index (χ0v) is 40.7. The number of rotatable bonds is 8. The number of nitrogens with one attached hydrogen (secondary N) is 3. The maximum absolute atomic E-state index is 14.8. The molecule has 5 bridgehead atoms. The van der Waals surface area contributed by atoms with E-state index in [1.54, 1.807) is 33.8 Å². The molecule has 10 N–H and O–H groups in total. The molecule has 374 valence electrons. The highest BCUT2D eigenvalue weighted by atomic mass is 32.2. The van der Waals surface area contributed by atoms with Gasteiger partial charge in [0.15, 0.2) is 11.3 Å². The smallest absolute Gasteiger partial charge is 0.312 e. The molecule has 4 aliphatic heterocycles. The van der Waals surface area contributed by atoms with Crippen LogP contribution >= 0.6 is 24.0 Å². The van der Waals surface area contributed by atoms with Crippen LogP contribution in [-0.4, -0.2) is 157 Å². The van der Waals surface area contributed by atoms with Crippen LogP contribution in [0.4, 0.5) is 0 Å². The van der Waals surface area contributed by atoms with E-state index >= 15 is 0 Å². The van der Waals surface area contributed by atoms with E-state index in [0.717, 1.165) is 18.0 Å². The van der Waals surface area contributed by atoms with Crippen LogP contribution in [0.3, 0.4) is 0 Å². The molecular weight excluding hydrogens is 931 g/mol. The van der Waals surface area contributed by atoms with Gasteiger partial charge in [-0.3, -0.25) is 24.0 Å². The van der Waals surface area contributed by atoms with Crippen LogP contribution in [-0.2, 0) is 28.5 Å². The molecule has 0 saturated carbocycles. The SMILES string of the molecule is CO[C@H]1C=CO[C@@]2(C)Oc3c(C)c(O)c4c(c3C2=O)C(=O)C(SCCNC(=S)N[C@@H]2O[C@H](CO)[C@@H](O)[C@H](O)[C@H]2O)=C(NC(=O)/C(C)=C\C=C/[C@H](C)[C@H](O)[C@@H](C)[C@@H](O)[C@@H](C)[C@H](OC(C)=O)[C@@H]1C)C4=O. The van der Waals surface area contributed by atoms with E-state index in [1.807, 2.05) is 0 Å². The normalized spacial score (nSPS) is 34.9. The quantitative estimate of drug-likeness (QED) is 0.0985. The largest absolute Gasteiger partial charge is 0.507 e. The van der Waals surface area contributed by atoms with Crippen LogP contribution in [0.2, 0.25) is 0 Å². The summed E-state index contributed by atoms with van der Waals surface area (Å²) in [6, 6.07) is 0. The number of ether oxygens (including phenoxy) is 5. The minimum atomic E-state index is -2.17. The third kappa shape index (κ3) is 11.0. The summed E-state index contributed by atoms with van der Waals surface area (Å²) in [4.78, 5) is 69.7. The second-order valence-corrected chi connectivity index (χ2v) is 19.0. The van der Waals surface area contributed by atoms with Crippen molar-refractivity contribution in [2.75, 3.05) is 26.0 Å². The average Bonchev–Trinajstić information content (AvgIpc) is 3.56. The molecule has 1 aliphatic carbocycles. The van der Waals surface area contributed by atoms with Crippen molar-refractivity contribution in [2.45, 2.75) is 116 Å². The molecule has 20 nitrogen and oxygen atoms in total. The van der Waals surface area contributed by atoms with Crippen molar-refractivity contribution in [1.29, 1.82) is 0 Å². The van der Waals surface area contributed by atoms with Crippen LogP contribution in [0.5, 0.6) is 11.5 Å². The van der Waals surface area contributed by atoms with Crippen molar-refractivity contribution in [1.82, 2.24) is 16.0 Å². The number of amides is 1. The van der Waals surface area contributed by atoms with Gasteiger partial charge in [0.2, 0.25) is 11.6 Å². The molecule has 1 aromatic rings. The van der Waals surface area contributed by atoms with E-state index in [0.29, 0.717) is 0 Å². The standard InChI is InChI=1S/C46H61N3O17S2/c1-18-11-10-12-19(2)43(61)48-30-35(56)28-27(36(57)41(30)68-16-14-47-45(67)49-44-38(59)37(58)34(55)26(17-50)65-44)29-40(23(6)33(28)54)66-46(8,42(29)60)63-15-13-25(62-9)20(3)39(64-24(7)51)22(5)32(53)21(4)31(18)52/h10-13,15,18,20-22,25-26,31-32,34,37-39,44,50,52-55,58-59H,14,16-17H2,1-9H3,(H,48,61)(H2,47,49,67)/b11-10-,15-13?,19-12-/t18-,20+,21+,22+,25-,26+,31-,32+,34+,37-,38+,39+,44+,46-/m0/s1. The number of thiocarbonyl (C=S) groups is 1. The summed E-state index contributed by atoms with van der Waals surface area (Å²) in [5.41, 5.74) is -1.92. The number of carbonyl (C=O) groups excluding carboxylic acids is 5. The van der Waals surface area contributed by atoms with Gasteiger partial charge in [0, 0.05) is 68.1 Å². The molecule has 68 heavy (non-hydrogen) atoms. The molecule has 0 aromatic heterocycles. The van der Waals surface area contributed by atoms with Crippen LogP contribution < -0.4 is 20.7 Å². The fourth-order valence-corrected chi connectivity index (χ4v) is 9.67. The summed E-state index contributed by atoms with van der Waals surface area (Å²) in [5, 5.41) is 82.6. The number of Topliss-reactive ketones (excluding diaryl/α,β-unsaturated/α-hetero) is 3. The van der Waals surface area contributed by atoms with Gasteiger partial charge in [-0.05, 0) is 32.1 Å². The number of aromatic hydroxyl groups is 1. The molecule has 4 heterocycles. The minimum Gasteiger partial charge on any atom is -0.507 e. The van der Waals surface area contributed by atoms with Gasteiger partial charge in [-0.15, -0.1) is 11.8 Å². The van der Waals surface area contributed by atoms with E-state index in [2.05, 4.69) is 16.0 Å². The number of hydrogen-bond acceptors (Lipinski definition) is 19. The Kier molecular flexibility index (Phi) is 17.8. The number of fused-ring (bicyclic) bond motifs is 14. The van der Waals surface area contributed by atoms with Crippen LogP contribution in [0.25, 0.3) is 0 Å².